The predicted molar refractivity (Wildman–Crippen MR) is 85.6 cm³/mol. The molecule has 4 nitrogen and oxygen atoms in total. The van der Waals surface area contributed by atoms with Gasteiger partial charge in [-0.25, -0.2) is 4.79 Å². The maximum absolute atomic E-state index is 11.8. The summed E-state index contributed by atoms with van der Waals surface area (Å²) in [6, 6.07) is 6.35. The van der Waals surface area contributed by atoms with Gasteiger partial charge >= 0.3 is 6.09 Å². The molecule has 2 N–H and O–H groups in total. The van der Waals surface area contributed by atoms with Crippen LogP contribution in [0.4, 0.5) is 4.79 Å². The number of fused-ring (bicyclic) bond motifs is 1. The van der Waals surface area contributed by atoms with Crippen LogP contribution in [-0.4, -0.2) is 22.7 Å². The molecule has 1 atom stereocenters. The van der Waals surface area contributed by atoms with E-state index in [2.05, 4.69) is 35.4 Å². The van der Waals surface area contributed by atoms with E-state index in [1.807, 2.05) is 33.9 Å². The molecule has 0 aliphatic heterocycles. The number of carbonyl (C=O) groups excluding carboxylic acids is 1. The Balaban J connectivity index is 2.03. The lowest BCUT2D eigenvalue weighted by Crippen LogP contribution is -2.38. The van der Waals surface area contributed by atoms with E-state index in [1.165, 1.54) is 16.5 Å². The van der Waals surface area contributed by atoms with Crippen LogP contribution < -0.4 is 5.32 Å². The third-order valence-corrected chi connectivity index (χ3v) is 3.21. The van der Waals surface area contributed by atoms with Crippen molar-refractivity contribution in [2.45, 2.75) is 52.7 Å². The number of alkyl carbamates (subject to hydrolysis) is 1. The van der Waals surface area contributed by atoms with Gasteiger partial charge in [0.25, 0.3) is 0 Å². The average molecular weight is 288 g/mol. The van der Waals surface area contributed by atoms with Gasteiger partial charge in [-0.1, -0.05) is 11.6 Å². The van der Waals surface area contributed by atoms with E-state index in [-0.39, 0.29) is 12.1 Å². The normalized spacial score (nSPS) is 13.2. The summed E-state index contributed by atoms with van der Waals surface area (Å²) in [7, 11) is 0. The Hall–Kier alpha value is -1.97. The third kappa shape index (κ3) is 4.25. The van der Waals surface area contributed by atoms with Crippen LogP contribution in [-0.2, 0) is 11.2 Å². The molecule has 0 bridgehead atoms. The van der Waals surface area contributed by atoms with Gasteiger partial charge in [0.05, 0.1) is 0 Å². The first kappa shape index (κ1) is 15.4. The standard InChI is InChI=1S/C17H24N2O2/c1-11-6-7-15-14(8-11)13(10-18-15)9-12(2)19-16(20)21-17(3,4)5/h6-8,10,12,18H,9H2,1-5H3,(H,19,20). The van der Waals surface area contributed by atoms with E-state index in [1.54, 1.807) is 0 Å². The SMILES string of the molecule is Cc1ccc2[nH]cc(CC(C)NC(=O)OC(C)(C)C)c2c1. The molecule has 0 spiro atoms. The summed E-state index contributed by atoms with van der Waals surface area (Å²) in [5.74, 6) is 0. The molecule has 0 saturated carbocycles. The van der Waals surface area contributed by atoms with Crippen molar-refractivity contribution in [1.29, 1.82) is 0 Å². The number of aromatic nitrogens is 1. The number of benzene rings is 1. The van der Waals surface area contributed by atoms with E-state index in [0.717, 1.165) is 11.9 Å². The van der Waals surface area contributed by atoms with Crippen molar-refractivity contribution in [1.82, 2.24) is 10.3 Å². The minimum absolute atomic E-state index is 0.0133. The molecule has 1 amide bonds. The second-order valence-corrected chi connectivity index (χ2v) is 6.61. The average Bonchev–Trinajstić information content (AvgIpc) is 2.69. The Bertz CT molecular complexity index is 638. The van der Waals surface area contributed by atoms with Crippen molar-refractivity contribution in [3.05, 3.63) is 35.5 Å². The fourth-order valence-electron chi connectivity index (χ4n) is 2.35. The Morgan fingerprint density at radius 1 is 1.38 bits per heavy atom. The molecule has 0 fully saturated rings. The molecular weight excluding hydrogens is 264 g/mol. The summed E-state index contributed by atoms with van der Waals surface area (Å²) in [4.78, 5) is 15.0. The fourth-order valence-corrected chi connectivity index (χ4v) is 2.35. The van der Waals surface area contributed by atoms with Crippen molar-refractivity contribution >= 4 is 17.0 Å². The summed E-state index contributed by atoms with van der Waals surface area (Å²) in [6.07, 6.45) is 2.41. The van der Waals surface area contributed by atoms with Crippen molar-refractivity contribution in [2.24, 2.45) is 0 Å². The van der Waals surface area contributed by atoms with Gasteiger partial charge in [-0.3, -0.25) is 0 Å². The molecule has 21 heavy (non-hydrogen) atoms. The summed E-state index contributed by atoms with van der Waals surface area (Å²) in [5.41, 5.74) is 3.09. The van der Waals surface area contributed by atoms with Gasteiger partial charge in [-0.2, -0.15) is 0 Å². The van der Waals surface area contributed by atoms with E-state index >= 15 is 0 Å². The Morgan fingerprint density at radius 2 is 2.10 bits per heavy atom. The lowest BCUT2D eigenvalue weighted by molar-refractivity contribution is 0.0508. The zero-order valence-electron chi connectivity index (χ0n) is 13.4. The van der Waals surface area contributed by atoms with E-state index in [4.69, 9.17) is 4.74 Å². The van der Waals surface area contributed by atoms with Crippen LogP contribution in [0.5, 0.6) is 0 Å². The van der Waals surface area contributed by atoms with Gasteiger partial charge in [-0.05, 0) is 58.7 Å². The maximum atomic E-state index is 11.8. The van der Waals surface area contributed by atoms with Crippen molar-refractivity contribution < 1.29 is 9.53 Å². The summed E-state index contributed by atoms with van der Waals surface area (Å²) in [5, 5.41) is 4.09. The quantitative estimate of drug-likeness (QED) is 0.899. The Morgan fingerprint density at radius 3 is 2.76 bits per heavy atom. The van der Waals surface area contributed by atoms with Crippen molar-refractivity contribution in [3.8, 4) is 0 Å². The van der Waals surface area contributed by atoms with Gasteiger partial charge in [-0.15, -0.1) is 0 Å². The third-order valence-electron chi connectivity index (χ3n) is 3.21. The van der Waals surface area contributed by atoms with Crippen molar-refractivity contribution in [2.75, 3.05) is 0 Å². The second kappa shape index (κ2) is 5.80. The maximum Gasteiger partial charge on any atom is 0.407 e. The minimum atomic E-state index is -0.471. The predicted octanol–water partition coefficient (Wildman–Crippen LogP) is 3.93. The number of ether oxygens (including phenoxy) is 1. The second-order valence-electron chi connectivity index (χ2n) is 6.61. The summed E-state index contributed by atoms with van der Waals surface area (Å²) < 4.78 is 5.28. The van der Waals surface area contributed by atoms with Crippen LogP contribution in [0, 0.1) is 6.92 Å². The molecular formula is C17H24N2O2. The number of aromatic amines is 1. The highest BCUT2D eigenvalue weighted by Crippen LogP contribution is 2.21. The number of H-pyrrole nitrogens is 1. The number of carbonyl (C=O) groups is 1. The molecule has 2 rings (SSSR count). The topological polar surface area (TPSA) is 54.1 Å². The number of hydrogen-bond acceptors (Lipinski definition) is 2. The van der Waals surface area contributed by atoms with E-state index in [0.29, 0.717) is 0 Å². The first-order valence-electron chi connectivity index (χ1n) is 7.31. The molecule has 4 heteroatoms. The molecule has 2 aromatic rings. The molecule has 114 valence electrons. The van der Waals surface area contributed by atoms with Gasteiger partial charge < -0.3 is 15.0 Å². The number of nitrogens with one attached hydrogen (secondary N) is 2. The van der Waals surface area contributed by atoms with Crippen LogP contribution in [0.15, 0.2) is 24.4 Å². The number of amides is 1. The van der Waals surface area contributed by atoms with Gasteiger partial charge in [0.15, 0.2) is 0 Å². The van der Waals surface area contributed by atoms with E-state index in [9.17, 15) is 4.79 Å². The zero-order valence-corrected chi connectivity index (χ0v) is 13.4. The molecule has 0 saturated heterocycles. The monoisotopic (exact) mass is 288 g/mol. The Kier molecular flexibility index (Phi) is 4.26. The first-order chi connectivity index (χ1) is 9.74. The molecule has 1 aromatic carbocycles. The van der Waals surface area contributed by atoms with Gasteiger partial charge in [0.1, 0.15) is 5.60 Å². The number of hydrogen-bond donors (Lipinski definition) is 2. The van der Waals surface area contributed by atoms with Gasteiger partial charge in [0, 0.05) is 23.1 Å². The zero-order chi connectivity index (χ0) is 15.6. The molecule has 1 aromatic heterocycles. The smallest absolute Gasteiger partial charge is 0.407 e. The van der Waals surface area contributed by atoms with Crippen LogP contribution in [0.1, 0.15) is 38.8 Å². The molecule has 0 radical (unpaired) electrons. The minimum Gasteiger partial charge on any atom is -0.444 e. The van der Waals surface area contributed by atoms with E-state index < -0.39 is 5.60 Å². The summed E-state index contributed by atoms with van der Waals surface area (Å²) >= 11 is 0. The summed E-state index contributed by atoms with van der Waals surface area (Å²) in [6.45, 7) is 9.65. The molecule has 1 heterocycles. The fraction of sp³-hybridized carbons (Fsp3) is 0.471. The first-order valence-corrected chi connectivity index (χ1v) is 7.31. The highest BCUT2D eigenvalue weighted by molar-refractivity contribution is 5.84. The molecule has 1 unspecified atom stereocenters. The van der Waals surface area contributed by atoms with Crippen LogP contribution in [0.3, 0.4) is 0 Å². The van der Waals surface area contributed by atoms with Crippen LogP contribution in [0.25, 0.3) is 10.9 Å². The number of aryl methyl sites for hydroxylation is 1. The molecule has 0 aliphatic rings. The van der Waals surface area contributed by atoms with Crippen LogP contribution >= 0.6 is 0 Å². The van der Waals surface area contributed by atoms with Crippen molar-refractivity contribution in [3.63, 3.8) is 0 Å². The Labute approximate surface area is 125 Å². The lowest BCUT2D eigenvalue weighted by Gasteiger charge is -2.21. The largest absolute Gasteiger partial charge is 0.444 e. The highest BCUT2D eigenvalue weighted by atomic mass is 16.6. The molecule has 0 aliphatic carbocycles. The number of rotatable bonds is 3. The van der Waals surface area contributed by atoms with Gasteiger partial charge in [0.2, 0.25) is 0 Å². The lowest BCUT2D eigenvalue weighted by atomic mass is 10.0. The highest BCUT2D eigenvalue weighted by Gasteiger charge is 2.18. The van der Waals surface area contributed by atoms with Crippen LogP contribution in [0.2, 0.25) is 0 Å².